The summed E-state index contributed by atoms with van der Waals surface area (Å²) in [4.78, 5) is 0.785. The average molecular weight is 259 g/mol. The van der Waals surface area contributed by atoms with E-state index in [4.69, 9.17) is 5.73 Å². The highest BCUT2D eigenvalue weighted by Gasteiger charge is 2.15. The highest BCUT2D eigenvalue weighted by atomic mass is 32.1. The van der Waals surface area contributed by atoms with Crippen molar-refractivity contribution in [3.8, 4) is 11.4 Å². The maximum Gasteiger partial charge on any atom is 0.235 e. The molecule has 0 aliphatic carbocycles. The first-order chi connectivity index (χ1) is 8.79. The van der Waals surface area contributed by atoms with Crippen LogP contribution in [0.1, 0.15) is 24.4 Å². The minimum absolute atomic E-state index is 0.0275. The molecule has 2 N–H and O–H groups in total. The van der Waals surface area contributed by atoms with Crippen molar-refractivity contribution in [3.05, 3.63) is 35.3 Å². The second-order valence-electron chi connectivity index (χ2n) is 4.04. The predicted molar refractivity (Wildman–Crippen MR) is 71.3 cm³/mol. The van der Waals surface area contributed by atoms with Gasteiger partial charge in [0.15, 0.2) is 5.82 Å². The van der Waals surface area contributed by atoms with Gasteiger partial charge in [0.1, 0.15) is 5.01 Å². The lowest BCUT2D eigenvalue weighted by atomic mass is 10.2. The van der Waals surface area contributed by atoms with E-state index in [0.29, 0.717) is 0 Å². The Morgan fingerprint density at radius 2 is 2.06 bits per heavy atom. The smallest absolute Gasteiger partial charge is 0.235 e. The van der Waals surface area contributed by atoms with E-state index >= 15 is 0 Å². The number of fused-ring (bicyclic) bond motifs is 1. The van der Waals surface area contributed by atoms with Crippen LogP contribution < -0.4 is 5.73 Å². The summed E-state index contributed by atoms with van der Waals surface area (Å²) in [5, 5.41) is 13.7. The molecule has 0 spiro atoms. The van der Waals surface area contributed by atoms with Crippen molar-refractivity contribution in [3.63, 3.8) is 0 Å². The Labute approximate surface area is 108 Å². The SMILES string of the molecule is CCC(N)c1nn2c(-c3ccccc3)nnc2s1. The molecule has 0 saturated heterocycles. The molecule has 3 aromatic rings. The van der Waals surface area contributed by atoms with Gasteiger partial charge in [0.2, 0.25) is 4.96 Å². The lowest BCUT2D eigenvalue weighted by Crippen LogP contribution is -2.08. The van der Waals surface area contributed by atoms with Crippen LogP contribution in [-0.4, -0.2) is 19.8 Å². The Morgan fingerprint density at radius 3 is 2.78 bits per heavy atom. The number of aromatic nitrogens is 4. The zero-order valence-corrected chi connectivity index (χ0v) is 10.8. The Morgan fingerprint density at radius 1 is 1.28 bits per heavy atom. The van der Waals surface area contributed by atoms with E-state index in [9.17, 15) is 0 Å². The van der Waals surface area contributed by atoms with E-state index in [1.807, 2.05) is 37.3 Å². The molecule has 0 saturated carbocycles. The van der Waals surface area contributed by atoms with Crippen LogP contribution in [0.5, 0.6) is 0 Å². The van der Waals surface area contributed by atoms with E-state index in [1.54, 1.807) is 4.52 Å². The summed E-state index contributed by atoms with van der Waals surface area (Å²) in [6.07, 6.45) is 0.866. The summed E-state index contributed by atoms with van der Waals surface area (Å²) in [5.74, 6) is 0.761. The molecule has 0 aliphatic heterocycles. The largest absolute Gasteiger partial charge is 0.322 e. The van der Waals surface area contributed by atoms with Crippen molar-refractivity contribution in [2.75, 3.05) is 0 Å². The number of benzene rings is 1. The van der Waals surface area contributed by atoms with Gasteiger partial charge in [-0.25, -0.2) is 0 Å². The summed E-state index contributed by atoms with van der Waals surface area (Å²) < 4.78 is 1.77. The van der Waals surface area contributed by atoms with Gasteiger partial charge in [-0.3, -0.25) is 0 Å². The quantitative estimate of drug-likeness (QED) is 0.783. The molecule has 0 aliphatic rings. The third-order valence-electron chi connectivity index (χ3n) is 2.80. The number of rotatable bonds is 3. The van der Waals surface area contributed by atoms with Crippen molar-refractivity contribution >= 4 is 16.3 Å². The summed E-state index contributed by atoms with van der Waals surface area (Å²) in [6, 6.07) is 9.88. The van der Waals surface area contributed by atoms with Crippen LogP contribution in [0.15, 0.2) is 30.3 Å². The Balaban J connectivity index is 2.11. The maximum absolute atomic E-state index is 5.99. The van der Waals surface area contributed by atoms with Gasteiger partial charge < -0.3 is 5.73 Å². The van der Waals surface area contributed by atoms with Crippen LogP contribution in [0, 0.1) is 0 Å². The summed E-state index contributed by atoms with van der Waals surface area (Å²) >= 11 is 1.50. The first-order valence-electron chi connectivity index (χ1n) is 5.82. The van der Waals surface area contributed by atoms with Crippen molar-refractivity contribution in [2.24, 2.45) is 5.73 Å². The first kappa shape index (κ1) is 11.3. The molecule has 92 valence electrons. The fraction of sp³-hybridized carbons (Fsp3) is 0.250. The number of hydrogen-bond donors (Lipinski definition) is 1. The van der Waals surface area contributed by atoms with Crippen LogP contribution in [0.3, 0.4) is 0 Å². The summed E-state index contributed by atoms with van der Waals surface area (Å²) in [5.41, 5.74) is 7.00. The number of nitrogens with two attached hydrogens (primary N) is 1. The van der Waals surface area contributed by atoms with Crippen molar-refractivity contribution in [1.82, 2.24) is 19.8 Å². The molecule has 5 nitrogen and oxygen atoms in total. The van der Waals surface area contributed by atoms with Gasteiger partial charge in [-0.2, -0.15) is 9.61 Å². The van der Waals surface area contributed by atoms with Crippen molar-refractivity contribution in [1.29, 1.82) is 0 Å². The molecule has 3 rings (SSSR count). The maximum atomic E-state index is 5.99. The van der Waals surface area contributed by atoms with Crippen LogP contribution >= 0.6 is 11.3 Å². The lowest BCUT2D eigenvalue weighted by molar-refractivity contribution is 0.676. The minimum atomic E-state index is -0.0275. The molecule has 6 heteroatoms. The van der Waals surface area contributed by atoms with Gasteiger partial charge in [-0.05, 0) is 6.42 Å². The summed E-state index contributed by atoms with van der Waals surface area (Å²) in [7, 11) is 0. The van der Waals surface area contributed by atoms with Gasteiger partial charge >= 0.3 is 0 Å². The molecule has 1 aromatic carbocycles. The first-order valence-corrected chi connectivity index (χ1v) is 6.64. The van der Waals surface area contributed by atoms with Crippen LogP contribution in [-0.2, 0) is 0 Å². The molecule has 0 bridgehead atoms. The van der Waals surface area contributed by atoms with Crippen molar-refractivity contribution in [2.45, 2.75) is 19.4 Å². The minimum Gasteiger partial charge on any atom is -0.322 e. The van der Waals surface area contributed by atoms with E-state index in [0.717, 1.165) is 27.8 Å². The van der Waals surface area contributed by atoms with Crippen LogP contribution in [0.2, 0.25) is 0 Å². The molecule has 0 radical (unpaired) electrons. The highest BCUT2D eigenvalue weighted by Crippen LogP contribution is 2.24. The fourth-order valence-corrected chi connectivity index (χ4v) is 2.65. The molecule has 1 unspecified atom stereocenters. The molecule has 1 atom stereocenters. The number of nitrogens with zero attached hydrogens (tertiary/aromatic N) is 4. The highest BCUT2D eigenvalue weighted by molar-refractivity contribution is 7.16. The van der Waals surface area contributed by atoms with Gasteiger partial charge in [-0.1, -0.05) is 48.6 Å². The molecule has 0 fully saturated rings. The topological polar surface area (TPSA) is 69.1 Å². The van der Waals surface area contributed by atoms with Gasteiger partial charge in [-0.15, -0.1) is 10.2 Å². The molecular formula is C12H13N5S. The van der Waals surface area contributed by atoms with Gasteiger partial charge in [0.25, 0.3) is 0 Å². The van der Waals surface area contributed by atoms with E-state index in [1.165, 1.54) is 11.3 Å². The van der Waals surface area contributed by atoms with Crippen LogP contribution in [0.4, 0.5) is 0 Å². The lowest BCUT2D eigenvalue weighted by Gasteiger charge is -2.01. The van der Waals surface area contributed by atoms with E-state index in [-0.39, 0.29) is 6.04 Å². The van der Waals surface area contributed by atoms with Gasteiger partial charge in [0, 0.05) is 5.56 Å². The third kappa shape index (κ3) is 1.79. The molecular weight excluding hydrogens is 246 g/mol. The average Bonchev–Trinajstić information content (AvgIpc) is 2.98. The molecule has 2 heterocycles. The fourth-order valence-electron chi connectivity index (χ4n) is 1.72. The normalized spacial score (nSPS) is 13.0. The Kier molecular flexibility index (Phi) is 2.81. The Hall–Kier alpha value is -1.79. The second-order valence-corrected chi connectivity index (χ2v) is 5.03. The van der Waals surface area contributed by atoms with Crippen molar-refractivity contribution < 1.29 is 0 Å². The molecule has 0 amide bonds. The standard InChI is InChI=1S/C12H13N5S/c1-2-9(13)11-16-17-10(14-15-12(17)18-11)8-6-4-3-5-7-8/h3-7,9H,2,13H2,1H3. The van der Waals surface area contributed by atoms with Crippen LogP contribution in [0.25, 0.3) is 16.3 Å². The zero-order chi connectivity index (χ0) is 12.5. The summed E-state index contributed by atoms with van der Waals surface area (Å²) in [6.45, 7) is 2.05. The van der Waals surface area contributed by atoms with Gasteiger partial charge in [0.05, 0.1) is 6.04 Å². The molecule has 18 heavy (non-hydrogen) atoms. The Bertz CT molecular complexity index is 657. The predicted octanol–water partition coefficient (Wildman–Crippen LogP) is 2.26. The third-order valence-corrected chi connectivity index (χ3v) is 3.83. The van der Waals surface area contributed by atoms with E-state index in [2.05, 4.69) is 15.3 Å². The number of hydrogen-bond acceptors (Lipinski definition) is 5. The van der Waals surface area contributed by atoms with E-state index < -0.39 is 0 Å². The second kappa shape index (κ2) is 4.47. The monoisotopic (exact) mass is 259 g/mol. The zero-order valence-electron chi connectivity index (χ0n) is 9.95. The molecule has 2 aromatic heterocycles.